The molecule has 0 radical (unpaired) electrons. The van der Waals surface area contributed by atoms with E-state index in [1.54, 1.807) is 0 Å². The van der Waals surface area contributed by atoms with Gasteiger partial charge in [-0.05, 0) is 25.5 Å². The monoisotopic (exact) mass is 271 g/mol. The van der Waals surface area contributed by atoms with E-state index in [1.807, 2.05) is 48.3 Å². The lowest BCUT2D eigenvalue weighted by atomic mass is 9.90. The van der Waals surface area contributed by atoms with Crippen molar-refractivity contribution in [3.63, 3.8) is 0 Å². The minimum atomic E-state index is -0.00312. The summed E-state index contributed by atoms with van der Waals surface area (Å²) in [6.07, 6.45) is 6.74. The number of likely N-dealkylation sites (N-methyl/N-ethyl adjacent to an activating group) is 1. The van der Waals surface area contributed by atoms with Crippen molar-refractivity contribution in [1.82, 2.24) is 15.1 Å². The molecule has 0 amide bonds. The first-order valence-electron chi connectivity index (χ1n) is 7.33. The summed E-state index contributed by atoms with van der Waals surface area (Å²) in [4.78, 5) is 12.2. The predicted molar refractivity (Wildman–Crippen MR) is 80.8 cm³/mol. The topological polar surface area (TPSA) is 49.8 Å². The van der Waals surface area contributed by atoms with Gasteiger partial charge in [0.15, 0.2) is 0 Å². The summed E-state index contributed by atoms with van der Waals surface area (Å²) in [5, 5.41) is 6.38. The highest BCUT2D eigenvalue weighted by Crippen LogP contribution is 2.28. The second kappa shape index (κ2) is 5.67. The van der Waals surface area contributed by atoms with E-state index in [4.69, 9.17) is 0 Å². The van der Waals surface area contributed by atoms with E-state index in [9.17, 15) is 4.79 Å². The minimum absolute atomic E-state index is 0.00312. The van der Waals surface area contributed by atoms with Gasteiger partial charge in [-0.1, -0.05) is 43.2 Å². The lowest BCUT2D eigenvalue weighted by Crippen LogP contribution is -2.38. The van der Waals surface area contributed by atoms with Crippen LogP contribution in [0.4, 0.5) is 0 Å². The SMILES string of the molecule is CNC1CCCCC1n1cc(-c2ccccc2)c(=O)[nH]1. The van der Waals surface area contributed by atoms with Crippen LogP contribution < -0.4 is 10.9 Å². The Kier molecular flexibility index (Phi) is 3.74. The summed E-state index contributed by atoms with van der Waals surface area (Å²) in [5.74, 6) is 0. The number of hydrogen-bond donors (Lipinski definition) is 2. The molecule has 1 heterocycles. The van der Waals surface area contributed by atoms with Crippen LogP contribution in [0.1, 0.15) is 31.7 Å². The van der Waals surface area contributed by atoms with Crippen LogP contribution in [0.15, 0.2) is 41.3 Å². The van der Waals surface area contributed by atoms with Gasteiger partial charge in [0.25, 0.3) is 5.56 Å². The van der Waals surface area contributed by atoms with Crippen molar-refractivity contribution in [3.8, 4) is 11.1 Å². The number of nitrogens with one attached hydrogen (secondary N) is 2. The Morgan fingerprint density at radius 1 is 1.20 bits per heavy atom. The maximum atomic E-state index is 12.2. The second-order valence-electron chi connectivity index (χ2n) is 5.50. The Bertz CT molecular complexity index is 614. The van der Waals surface area contributed by atoms with Crippen LogP contribution in [-0.2, 0) is 0 Å². The maximum Gasteiger partial charge on any atom is 0.271 e. The molecule has 1 aromatic carbocycles. The summed E-state index contributed by atoms with van der Waals surface area (Å²) in [7, 11) is 2.00. The van der Waals surface area contributed by atoms with Crippen LogP contribution in [0.5, 0.6) is 0 Å². The Morgan fingerprint density at radius 3 is 2.70 bits per heavy atom. The largest absolute Gasteiger partial charge is 0.315 e. The third-order valence-corrected chi connectivity index (χ3v) is 4.29. The van der Waals surface area contributed by atoms with Crippen LogP contribution >= 0.6 is 0 Å². The normalized spacial score (nSPS) is 22.9. The number of aromatic amines is 1. The van der Waals surface area contributed by atoms with Crippen LogP contribution in [0, 0.1) is 0 Å². The van der Waals surface area contributed by atoms with E-state index in [0.717, 1.165) is 17.5 Å². The second-order valence-corrected chi connectivity index (χ2v) is 5.50. The molecule has 0 aliphatic heterocycles. The minimum Gasteiger partial charge on any atom is -0.315 e. The van der Waals surface area contributed by atoms with Crippen LogP contribution in [-0.4, -0.2) is 22.9 Å². The van der Waals surface area contributed by atoms with Crippen molar-refractivity contribution in [1.29, 1.82) is 0 Å². The molecule has 0 spiro atoms. The van der Waals surface area contributed by atoms with Gasteiger partial charge in [-0.15, -0.1) is 0 Å². The molecule has 20 heavy (non-hydrogen) atoms. The van der Waals surface area contributed by atoms with Gasteiger partial charge in [-0.25, -0.2) is 0 Å². The van der Waals surface area contributed by atoms with Crippen molar-refractivity contribution < 1.29 is 0 Å². The molecule has 1 aliphatic carbocycles. The molecule has 3 rings (SSSR count). The zero-order chi connectivity index (χ0) is 13.9. The smallest absolute Gasteiger partial charge is 0.271 e. The van der Waals surface area contributed by atoms with E-state index in [0.29, 0.717) is 12.1 Å². The summed E-state index contributed by atoms with van der Waals surface area (Å²) in [6, 6.07) is 10.6. The first kappa shape index (κ1) is 13.2. The molecule has 0 bridgehead atoms. The Labute approximate surface area is 118 Å². The molecule has 1 saturated carbocycles. The van der Waals surface area contributed by atoms with Gasteiger partial charge >= 0.3 is 0 Å². The molecule has 1 fully saturated rings. The molecule has 0 saturated heterocycles. The van der Waals surface area contributed by atoms with Crippen molar-refractivity contribution in [2.24, 2.45) is 0 Å². The number of rotatable bonds is 3. The van der Waals surface area contributed by atoms with Crippen LogP contribution in [0.2, 0.25) is 0 Å². The zero-order valence-electron chi connectivity index (χ0n) is 11.8. The highest BCUT2D eigenvalue weighted by Gasteiger charge is 2.26. The number of hydrogen-bond acceptors (Lipinski definition) is 2. The summed E-state index contributed by atoms with van der Waals surface area (Å²) in [5.41, 5.74) is 1.73. The third-order valence-electron chi connectivity index (χ3n) is 4.29. The molecule has 2 N–H and O–H groups in total. The summed E-state index contributed by atoms with van der Waals surface area (Å²) >= 11 is 0. The van der Waals surface area contributed by atoms with Gasteiger partial charge in [0.05, 0.1) is 11.6 Å². The average molecular weight is 271 g/mol. The number of aromatic nitrogens is 2. The van der Waals surface area contributed by atoms with Gasteiger partial charge in [0.1, 0.15) is 0 Å². The quantitative estimate of drug-likeness (QED) is 0.901. The van der Waals surface area contributed by atoms with Crippen molar-refractivity contribution in [2.45, 2.75) is 37.8 Å². The number of H-pyrrole nitrogens is 1. The molecule has 2 unspecified atom stereocenters. The van der Waals surface area contributed by atoms with E-state index < -0.39 is 0 Å². The van der Waals surface area contributed by atoms with E-state index in [1.165, 1.54) is 19.3 Å². The van der Waals surface area contributed by atoms with Crippen LogP contribution in [0.3, 0.4) is 0 Å². The number of benzene rings is 1. The molecular formula is C16H21N3O. The predicted octanol–water partition coefficient (Wildman–Crippen LogP) is 2.55. The van der Waals surface area contributed by atoms with Gasteiger partial charge in [0.2, 0.25) is 0 Å². The van der Waals surface area contributed by atoms with Crippen LogP contribution in [0.25, 0.3) is 11.1 Å². The summed E-state index contributed by atoms with van der Waals surface area (Å²) in [6.45, 7) is 0. The lowest BCUT2D eigenvalue weighted by molar-refractivity contribution is 0.256. The molecule has 4 heteroatoms. The summed E-state index contributed by atoms with van der Waals surface area (Å²) < 4.78 is 2.00. The van der Waals surface area contributed by atoms with Crippen molar-refractivity contribution in [2.75, 3.05) is 7.05 Å². The first-order valence-corrected chi connectivity index (χ1v) is 7.33. The molecule has 2 aromatic rings. The highest BCUT2D eigenvalue weighted by molar-refractivity contribution is 5.61. The van der Waals surface area contributed by atoms with E-state index >= 15 is 0 Å². The van der Waals surface area contributed by atoms with E-state index in [-0.39, 0.29) is 5.56 Å². The van der Waals surface area contributed by atoms with Crippen molar-refractivity contribution in [3.05, 3.63) is 46.9 Å². The highest BCUT2D eigenvalue weighted by atomic mass is 16.1. The van der Waals surface area contributed by atoms with Gasteiger partial charge in [0, 0.05) is 12.2 Å². The lowest BCUT2D eigenvalue weighted by Gasteiger charge is -2.31. The Morgan fingerprint density at radius 2 is 1.95 bits per heavy atom. The van der Waals surface area contributed by atoms with Gasteiger partial charge in [-0.2, -0.15) is 0 Å². The molecular weight excluding hydrogens is 250 g/mol. The Hall–Kier alpha value is -1.81. The van der Waals surface area contributed by atoms with Gasteiger partial charge < -0.3 is 5.32 Å². The standard InChI is InChI=1S/C16H21N3O/c1-17-14-9-5-6-10-15(14)19-11-13(16(20)18-19)12-7-3-2-4-8-12/h2-4,7-8,11,14-15,17H,5-6,9-10H2,1H3,(H,18,20). The zero-order valence-corrected chi connectivity index (χ0v) is 11.8. The Balaban J connectivity index is 1.94. The average Bonchev–Trinajstić information content (AvgIpc) is 2.90. The molecule has 1 aromatic heterocycles. The molecule has 1 aliphatic rings. The van der Waals surface area contributed by atoms with Crippen molar-refractivity contribution >= 4 is 0 Å². The van der Waals surface area contributed by atoms with E-state index in [2.05, 4.69) is 10.4 Å². The molecule has 2 atom stereocenters. The van der Waals surface area contributed by atoms with Gasteiger partial charge in [-0.3, -0.25) is 14.6 Å². The molecule has 4 nitrogen and oxygen atoms in total. The molecule has 106 valence electrons. The fourth-order valence-electron chi connectivity index (χ4n) is 3.19. The fourth-order valence-corrected chi connectivity index (χ4v) is 3.19. The maximum absolute atomic E-state index is 12.2. The number of nitrogens with zero attached hydrogens (tertiary/aromatic N) is 1. The third kappa shape index (κ3) is 2.43. The first-order chi connectivity index (χ1) is 9.79. The fraction of sp³-hybridized carbons (Fsp3) is 0.438.